The number of pyridine rings is 1. The fraction of sp³-hybridized carbons (Fsp3) is 0.400. The van der Waals surface area contributed by atoms with Gasteiger partial charge in [-0.05, 0) is 102 Å². The number of aromatic nitrogens is 1. The van der Waals surface area contributed by atoms with Crippen LogP contribution in [0.2, 0.25) is 0 Å². The van der Waals surface area contributed by atoms with Crippen molar-refractivity contribution >= 4 is 11.5 Å². The van der Waals surface area contributed by atoms with Crippen LogP contribution >= 0.6 is 0 Å². The minimum Gasteiger partial charge on any atom is -0.300 e. The van der Waals surface area contributed by atoms with Crippen LogP contribution in [0, 0.1) is 19.8 Å². The maximum Gasteiger partial charge on any atom is 0.132 e. The molecule has 0 saturated heterocycles. The summed E-state index contributed by atoms with van der Waals surface area (Å²) in [6.45, 7) is 20.1. The van der Waals surface area contributed by atoms with Gasteiger partial charge in [-0.15, -0.1) is 0 Å². The van der Waals surface area contributed by atoms with Gasteiger partial charge in [0.2, 0.25) is 0 Å². The fourth-order valence-corrected chi connectivity index (χ4v) is 4.20. The summed E-state index contributed by atoms with van der Waals surface area (Å²) in [5, 5.41) is 0. The summed E-state index contributed by atoms with van der Waals surface area (Å²) in [6, 6.07) is 12.6. The SMILES string of the molecule is C=C/C=C(N=C(C)CCc1ccc(C)cc1)\C(C=C)=C(/C)CCCCC(CC)C(C)=O.Cc1cccnc1.[HH].[HH]. The van der Waals surface area contributed by atoms with E-state index in [0.29, 0.717) is 5.78 Å². The first kappa shape index (κ1) is 32.7. The second kappa shape index (κ2) is 18.8. The first-order valence-corrected chi connectivity index (χ1v) is 13.8. The number of allylic oxidation sites excluding steroid dienone is 4. The van der Waals surface area contributed by atoms with Crippen molar-refractivity contribution in [3.05, 3.63) is 114 Å². The van der Waals surface area contributed by atoms with Crippen molar-refractivity contribution in [3.63, 3.8) is 0 Å². The van der Waals surface area contributed by atoms with E-state index >= 15 is 0 Å². The molecule has 2 rings (SSSR count). The molecule has 2 aromatic rings. The van der Waals surface area contributed by atoms with E-state index < -0.39 is 0 Å². The van der Waals surface area contributed by atoms with Gasteiger partial charge in [-0.2, -0.15) is 0 Å². The maximum absolute atomic E-state index is 11.6. The third-order valence-corrected chi connectivity index (χ3v) is 6.65. The lowest BCUT2D eigenvalue weighted by molar-refractivity contribution is -0.121. The van der Waals surface area contributed by atoms with Crippen LogP contribution in [-0.2, 0) is 11.2 Å². The molecule has 0 radical (unpaired) electrons. The number of carbonyl (C=O) groups excluding carboxylic acids is 1. The van der Waals surface area contributed by atoms with Gasteiger partial charge >= 0.3 is 0 Å². The first-order valence-electron chi connectivity index (χ1n) is 13.8. The predicted molar refractivity (Wildman–Crippen MR) is 170 cm³/mol. The van der Waals surface area contributed by atoms with Crippen molar-refractivity contribution in [2.24, 2.45) is 10.9 Å². The fourth-order valence-electron chi connectivity index (χ4n) is 4.20. The average molecular weight is 517 g/mol. The Labute approximate surface area is 235 Å². The van der Waals surface area contributed by atoms with Crippen molar-refractivity contribution in [2.75, 3.05) is 0 Å². The van der Waals surface area contributed by atoms with Crippen molar-refractivity contribution in [1.82, 2.24) is 4.98 Å². The second-order valence-corrected chi connectivity index (χ2v) is 10.0. The van der Waals surface area contributed by atoms with Crippen LogP contribution in [0.1, 0.15) is 85.8 Å². The van der Waals surface area contributed by atoms with Crippen molar-refractivity contribution in [1.29, 1.82) is 0 Å². The van der Waals surface area contributed by atoms with Crippen molar-refractivity contribution < 1.29 is 7.65 Å². The zero-order chi connectivity index (χ0) is 28.3. The smallest absolute Gasteiger partial charge is 0.132 e. The predicted octanol–water partition coefficient (Wildman–Crippen LogP) is 10.0. The van der Waals surface area contributed by atoms with Crippen molar-refractivity contribution in [2.45, 2.75) is 86.5 Å². The Hall–Kier alpha value is -3.33. The summed E-state index contributed by atoms with van der Waals surface area (Å²) in [5.41, 5.74) is 8.24. The van der Waals surface area contributed by atoms with Gasteiger partial charge in [0.25, 0.3) is 0 Å². The zero-order valence-corrected chi connectivity index (χ0v) is 24.6. The highest BCUT2D eigenvalue weighted by Gasteiger charge is 2.11. The summed E-state index contributed by atoms with van der Waals surface area (Å²) < 4.78 is 0. The monoisotopic (exact) mass is 516 g/mol. The van der Waals surface area contributed by atoms with Gasteiger partial charge in [0.1, 0.15) is 5.78 Å². The molecule has 0 saturated carbocycles. The van der Waals surface area contributed by atoms with Crippen LogP contribution in [0.25, 0.3) is 0 Å². The highest BCUT2D eigenvalue weighted by molar-refractivity contribution is 5.83. The van der Waals surface area contributed by atoms with E-state index in [2.05, 4.69) is 70.1 Å². The number of hydrogen-bond acceptors (Lipinski definition) is 3. The number of unbranched alkanes of at least 4 members (excludes halogenated alkanes) is 1. The van der Waals surface area contributed by atoms with E-state index in [-0.39, 0.29) is 8.77 Å². The molecule has 1 unspecified atom stereocenters. The van der Waals surface area contributed by atoms with E-state index in [1.165, 1.54) is 22.3 Å². The van der Waals surface area contributed by atoms with Crippen LogP contribution in [0.5, 0.6) is 0 Å². The van der Waals surface area contributed by atoms with Gasteiger partial charge in [0.15, 0.2) is 0 Å². The molecular weight excluding hydrogens is 464 g/mol. The van der Waals surface area contributed by atoms with E-state index in [4.69, 9.17) is 4.99 Å². The molecule has 0 amide bonds. The number of benzene rings is 1. The lowest BCUT2D eigenvalue weighted by atomic mass is 9.93. The Morgan fingerprint density at radius 2 is 1.74 bits per heavy atom. The third-order valence-electron chi connectivity index (χ3n) is 6.65. The molecule has 0 aliphatic rings. The summed E-state index contributed by atoms with van der Waals surface area (Å²) >= 11 is 0. The molecule has 0 bridgehead atoms. The van der Waals surface area contributed by atoms with Gasteiger partial charge in [0, 0.05) is 26.9 Å². The molecule has 1 aromatic heterocycles. The normalized spacial score (nSPS) is 13.1. The number of aryl methyl sites for hydroxylation is 3. The Morgan fingerprint density at radius 1 is 1.03 bits per heavy atom. The molecule has 1 heterocycles. The highest BCUT2D eigenvalue weighted by Crippen LogP contribution is 2.24. The van der Waals surface area contributed by atoms with Gasteiger partial charge in [0.05, 0.1) is 5.70 Å². The third kappa shape index (κ3) is 13.3. The number of nitrogens with zero attached hydrogens (tertiary/aromatic N) is 2. The van der Waals surface area contributed by atoms with Crippen molar-refractivity contribution in [3.8, 4) is 0 Å². The minimum absolute atomic E-state index is 0. The highest BCUT2D eigenvalue weighted by atomic mass is 16.1. The standard InChI is InChI=1S/C29H41NO.C6H7N.2H2/c1-8-13-29(30-24(6)18-21-26-19-16-22(4)17-20-26)28(10-3)23(5)14-11-12-15-27(9-2)25(7)31;1-6-3-2-4-7-5-6;;/h8,10,13,16-17,19-20,27H,1,3,9,11-12,14-15,18,21H2,2,4-7H3;2-5H,1H3;2*1H/b28-23+,29-13+,30-24?;;;. The Kier molecular flexibility index (Phi) is 16.2. The number of hydrogen-bond donors (Lipinski definition) is 0. The quantitative estimate of drug-likeness (QED) is 0.142. The van der Waals surface area contributed by atoms with Gasteiger partial charge in [-0.1, -0.05) is 80.1 Å². The molecule has 3 heteroatoms. The second-order valence-electron chi connectivity index (χ2n) is 10.0. The van der Waals surface area contributed by atoms with Crippen LogP contribution < -0.4 is 0 Å². The van der Waals surface area contributed by atoms with Crippen LogP contribution in [-0.4, -0.2) is 16.5 Å². The molecule has 0 aliphatic heterocycles. The molecule has 1 atom stereocenters. The Bertz CT molecular complexity index is 1100. The largest absolute Gasteiger partial charge is 0.300 e. The lowest BCUT2D eigenvalue weighted by Crippen LogP contribution is -2.09. The van der Waals surface area contributed by atoms with E-state index in [9.17, 15) is 4.79 Å². The molecule has 1 aromatic carbocycles. The number of Topliss-reactive ketones (excluding diaryl/α,β-unsaturated/α-hetero) is 1. The van der Waals surface area contributed by atoms with E-state index in [0.717, 1.165) is 61.9 Å². The van der Waals surface area contributed by atoms with Gasteiger partial charge in [-0.25, -0.2) is 0 Å². The molecule has 208 valence electrons. The summed E-state index contributed by atoms with van der Waals surface area (Å²) in [6.07, 6.45) is 16.2. The molecule has 0 fully saturated rings. The molecule has 0 N–H and O–H groups in total. The van der Waals surface area contributed by atoms with Crippen LogP contribution in [0.4, 0.5) is 0 Å². The molecule has 0 aliphatic carbocycles. The molecule has 0 spiro atoms. The minimum atomic E-state index is 0. The zero-order valence-electron chi connectivity index (χ0n) is 24.6. The van der Waals surface area contributed by atoms with Gasteiger partial charge in [-0.3, -0.25) is 14.8 Å². The summed E-state index contributed by atoms with van der Waals surface area (Å²) in [5.74, 6) is 0.522. The summed E-state index contributed by atoms with van der Waals surface area (Å²) in [4.78, 5) is 20.4. The van der Waals surface area contributed by atoms with E-state index in [1.54, 1.807) is 19.2 Å². The molecule has 38 heavy (non-hydrogen) atoms. The Morgan fingerprint density at radius 3 is 2.24 bits per heavy atom. The average Bonchev–Trinajstić information content (AvgIpc) is 2.89. The van der Waals surface area contributed by atoms with Crippen LogP contribution in [0.3, 0.4) is 0 Å². The number of rotatable bonds is 14. The number of carbonyl (C=O) groups is 1. The Balaban J connectivity index is 0. The maximum atomic E-state index is 11.6. The van der Waals surface area contributed by atoms with Crippen LogP contribution in [0.15, 0.2) is 102 Å². The van der Waals surface area contributed by atoms with Gasteiger partial charge < -0.3 is 0 Å². The number of ketones is 1. The number of aliphatic imine (C=N–C) groups is 1. The molecule has 3 nitrogen and oxygen atoms in total. The van der Waals surface area contributed by atoms with E-state index in [1.807, 2.05) is 37.4 Å². The summed E-state index contributed by atoms with van der Waals surface area (Å²) in [7, 11) is 0. The topological polar surface area (TPSA) is 42.3 Å². The lowest BCUT2D eigenvalue weighted by Gasteiger charge is -2.13. The first-order chi connectivity index (χ1) is 18.2. The molecular formula is C35H52N2O.